The van der Waals surface area contributed by atoms with Crippen LogP contribution in [0.1, 0.15) is 22.9 Å². The second-order valence-corrected chi connectivity index (χ2v) is 7.70. The molecule has 7 heteroatoms. The molecule has 2 aliphatic heterocycles. The lowest BCUT2D eigenvalue weighted by Crippen LogP contribution is -2.39. The summed E-state index contributed by atoms with van der Waals surface area (Å²) in [5.74, 6) is 1.47. The minimum atomic E-state index is -0.235. The molecule has 0 amide bonds. The molecule has 1 atom stereocenters. The summed E-state index contributed by atoms with van der Waals surface area (Å²) in [6.07, 6.45) is 5.83. The normalized spacial score (nSPS) is 19.5. The molecule has 0 aliphatic carbocycles. The van der Waals surface area contributed by atoms with E-state index in [9.17, 15) is 4.39 Å². The van der Waals surface area contributed by atoms with E-state index < -0.39 is 0 Å². The van der Waals surface area contributed by atoms with Gasteiger partial charge in [0.1, 0.15) is 24.1 Å². The molecule has 31 heavy (non-hydrogen) atoms. The Balaban J connectivity index is 1.42. The molecule has 3 heterocycles. The van der Waals surface area contributed by atoms with Gasteiger partial charge in [-0.25, -0.2) is 9.37 Å². The van der Waals surface area contributed by atoms with Gasteiger partial charge in [-0.15, -0.1) is 0 Å². The van der Waals surface area contributed by atoms with E-state index in [4.69, 9.17) is 14.5 Å². The van der Waals surface area contributed by atoms with E-state index in [1.165, 1.54) is 12.1 Å². The number of hydrogen-bond donors (Lipinski definition) is 0. The Morgan fingerprint density at radius 2 is 2.03 bits per heavy atom. The van der Waals surface area contributed by atoms with Crippen LogP contribution in [0.25, 0.3) is 11.8 Å². The van der Waals surface area contributed by atoms with Crippen molar-refractivity contribution in [1.29, 1.82) is 0 Å². The Morgan fingerprint density at radius 3 is 2.77 bits per heavy atom. The SMILES string of the molecule is COc1cc(C=C2COCN3C2=NCC3c2ccc(F)cc2)ccc1-n1cnc(C)c1. The fourth-order valence-corrected chi connectivity index (χ4v) is 4.09. The van der Waals surface area contributed by atoms with Crippen molar-refractivity contribution in [1.82, 2.24) is 14.5 Å². The van der Waals surface area contributed by atoms with Crippen LogP contribution in [0.4, 0.5) is 4.39 Å². The van der Waals surface area contributed by atoms with Gasteiger partial charge in [0.25, 0.3) is 0 Å². The highest BCUT2D eigenvalue weighted by molar-refractivity contribution is 6.04. The van der Waals surface area contributed by atoms with Gasteiger partial charge in [-0.3, -0.25) is 4.99 Å². The number of rotatable bonds is 4. The van der Waals surface area contributed by atoms with Gasteiger partial charge in [-0.2, -0.15) is 0 Å². The standard InChI is InChI=1S/C24H23FN4O2/c1-16-12-28(14-27-16)21-8-3-17(10-23(21)30-2)9-19-13-31-15-29-22(11-26-24(19)29)18-4-6-20(25)7-5-18/h3-10,12,14,22H,11,13,15H2,1-2H3. The molecule has 0 saturated carbocycles. The number of fused-ring (bicyclic) bond motifs is 1. The van der Waals surface area contributed by atoms with Crippen LogP contribution in [0.15, 0.2) is 65.6 Å². The van der Waals surface area contributed by atoms with Gasteiger partial charge in [-0.1, -0.05) is 18.2 Å². The van der Waals surface area contributed by atoms with E-state index in [2.05, 4.69) is 16.0 Å². The number of nitrogens with zero attached hydrogens (tertiary/aromatic N) is 4. The molecular weight excluding hydrogens is 395 g/mol. The number of imidazole rings is 1. The zero-order chi connectivity index (χ0) is 21.4. The molecule has 1 aromatic heterocycles. The van der Waals surface area contributed by atoms with Gasteiger partial charge in [0.15, 0.2) is 0 Å². The summed E-state index contributed by atoms with van der Waals surface area (Å²) in [5, 5.41) is 0. The van der Waals surface area contributed by atoms with E-state index in [0.717, 1.165) is 39.7 Å². The Morgan fingerprint density at radius 1 is 1.19 bits per heavy atom. The van der Waals surface area contributed by atoms with Gasteiger partial charge in [-0.05, 0) is 48.4 Å². The molecule has 1 fully saturated rings. The molecule has 6 nitrogen and oxygen atoms in total. The van der Waals surface area contributed by atoms with Gasteiger partial charge in [0.2, 0.25) is 0 Å². The Bertz CT molecular complexity index is 1170. The first kappa shape index (κ1) is 19.5. The van der Waals surface area contributed by atoms with Gasteiger partial charge in [0.05, 0.1) is 44.0 Å². The number of aryl methyl sites for hydroxylation is 1. The highest BCUT2D eigenvalue weighted by Gasteiger charge is 2.33. The van der Waals surface area contributed by atoms with Gasteiger partial charge < -0.3 is 18.9 Å². The van der Waals surface area contributed by atoms with E-state index in [1.54, 1.807) is 13.4 Å². The first-order chi connectivity index (χ1) is 15.1. The lowest BCUT2D eigenvalue weighted by Gasteiger charge is -2.32. The number of ether oxygens (including phenoxy) is 2. The zero-order valence-electron chi connectivity index (χ0n) is 17.5. The quantitative estimate of drug-likeness (QED) is 0.639. The van der Waals surface area contributed by atoms with Crippen molar-refractivity contribution in [3.8, 4) is 11.4 Å². The van der Waals surface area contributed by atoms with Crippen molar-refractivity contribution < 1.29 is 13.9 Å². The van der Waals surface area contributed by atoms with E-state index in [-0.39, 0.29) is 11.9 Å². The maximum Gasteiger partial charge on any atom is 0.143 e. The van der Waals surface area contributed by atoms with Crippen molar-refractivity contribution in [3.63, 3.8) is 0 Å². The summed E-state index contributed by atoms with van der Waals surface area (Å²) in [5.41, 5.74) is 4.94. The summed E-state index contributed by atoms with van der Waals surface area (Å²) in [4.78, 5) is 11.2. The number of aromatic nitrogens is 2. The summed E-state index contributed by atoms with van der Waals surface area (Å²) < 4.78 is 26.8. The predicted molar refractivity (Wildman–Crippen MR) is 117 cm³/mol. The van der Waals surface area contributed by atoms with Crippen LogP contribution in [0.5, 0.6) is 5.75 Å². The van der Waals surface area contributed by atoms with E-state index in [0.29, 0.717) is 19.9 Å². The Kier molecular flexibility index (Phi) is 5.03. The molecular formula is C24H23FN4O2. The molecule has 0 spiro atoms. The number of amidine groups is 1. The summed E-state index contributed by atoms with van der Waals surface area (Å²) in [7, 11) is 1.67. The molecule has 3 aromatic rings. The van der Waals surface area contributed by atoms with Crippen molar-refractivity contribution in [2.75, 3.05) is 27.0 Å². The summed E-state index contributed by atoms with van der Waals surface area (Å²) >= 11 is 0. The predicted octanol–water partition coefficient (Wildman–Crippen LogP) is 4.15. The first-order valence-electron chi connectivity index (χ1n) is 10.2. The monoisotopic (exact) mass is 418 g/mol. The number of aliphatic imine (C=N–C) groups is 1. The molecule has 0 bridgehead atoms. The number of hydrogen-bond acceptors (Lipinski definition) is 5. The molecule has 2 aromatic carbocycles. The summed E-state index contributed by atoms with van der Waals surface area (Å²) in [6.45, 7) is 3.55. The molecule has 0 radical (unpaired) electrons. The Labute approximate surface area is 180 Å². The number of methoxy groups -OCH3 is 1. The molecule has 0 N–H and O–H groups in total. The smallest absolute Gasteiger partial charge is 0.143 e. The third kappa shape index (κ3) is 3.72. The molecule has 1 saturated heterocycles. The minimum Gasteiger partial charge on any atom is -0.495 e. The average Bonchev–Trinajstić information content (AvgIpc) is 3.41. The van der Waals surface area contributed by atoms with Crippen LogP contribution in [0, 0.1) is 12.7 Å². The fraction of sp³-hybridized carbons (Fsp3) is 0.250. The van der Waals surface area contributed by atoms with E-state index >= 15 is 0 Å². The maximum atomic E-state index is 13.3. The second-order valence-electron chi connectivity index (χ2n) is 7.70. The zero-order valence-corrected chi connectivity index (χ0v) is 17.5. The molecule has 5 rings (SSSR count). The highest BCUT2D eigenvalue weighted by atomic mass is 19.1. The van der Waals surface area contributed by atoms with Crippen molar-refractivity contribution in [3.05, 3.63) is 83.2 Å². The first-order valence-corrected chi connectivity index (χ1v) is 10.2. The van der Waals surface area contributed by atoms with Crippen LogP contribution in [-0.4, -0.2) is 47.3 Å². The number of halogens is 1. The van der Waals surface area contributed by atoms with Crippen molar-refractivity contribution >= 4 is 11.9 Å². The van der Waals surface area contributed by atoms with Gasteiger partial charge in [0, 0.05) is 11.8 Å². The summed E-state index contributed by atoms with van der Waals surface area (Å²) in [6, 6.07) is 12.7. The van der Waals surface area contributed by atoms with Crippen molar-refractivity contribution in [2.24, 2.45) is 4.99 Å². The molecule has 1 unspecified atom stereocenters. The topological polar surface area (TPSA) is 51.9 Å². The third-order valence-corrected chi connectivity index (χ3v) is 5.63. The largest absolute Gasteiger partial charge is 0.495 e. The van der Waals surface area contributed by atoms with Gasteiger partial charge >= 0.3 is 0 Å². The van der Waals surface area contributed by atoms with Crippen LogP contribution in [0.2, 0.25) is 0 Å². The number of benzene rings is 2. The third-order valence-electron chi connectivity index (χ3n) is 5.63. The fourth-order valence-electron chi connectivity index (χ4n) is 4.09. The van der Waals surface area contributed by atoms with Crippen LogP contribution < -0.4 is 4.74 Å². The average molecular weight is 418 g/mol. The minimum absolute atomic E-state index is 0.0562. The van der Waals surface area contributed by atoms with Crippen molar-refractivity contribution in [2.45, 2.75) is 13.0 Å². The highest BCUT2D eigenvalue weighted by Crippen LogP contribution is 2.33. The lowest BCUT2D eigenvalue weighted by atomic mass is 10.0. The van der Waals surface area contributed by atoms with Crippen LogP contribution in [0.3, 0.4) is 0 Å². The molecule has 2 aliphatic rings. The van der Waals surface area contributed by atoms with Crippen LogP contribution in [-0.2, 0) is 4.74 Å². The van der Waals surface area contributed by atoms with E-state index in [1.807, 2.05) is 48.0 Å². The lowest BCUT2D eigenvalue weighted by molar-refractivity contribution is 0.0535. The van der Waals surface area contributed by atoms with Crippen LogP contribution >= 0.6 is 0 Å². The second kappa shape index (κ2) is 8.00. The Hall–Kier alpha value is -3.45. The maximum absolute atomic E-state index is 13.3. The molecule has 158 valence electrons.